The third-order valence-corrected chi connectivity index (χ3v) is 15.6. The number of hydrogen-bond acceptors (Lipinski definition) is 5. The zero-order valence-corrected chi connectivity index (χ0v) is 51.0. The number of nitrogens with one attached hydrogen (secondary N) is 1. The van der Waals surface area contributed by atoms with Crippen molar-refractivity contribution in [1.82, 2.24) is 5.32 Å². The Morgan fingerprint density at radius 2 is 0.658 bits per heavy atom. The third-order valence-electron chi connectivity index (χ3n) is 15.6. The lowest BCUT2D eigenvalue weighted by Gasteiger charge is -2.20. The van der Waals surface area contributed by atoms with Gasteiger partial charge in [-0.2, -0.15) is 0 Å². The Bertz CT molecular complexity index is 1270. The average Bonchev–Trinajstić information content (AvgIpc) is 3.42. The number of esters is 1. The molecule has 0 saturated carbocycles. The van der Waals surface area contributed by atoms with E-state index in [1.54, 1.807) is 6.08 Å². The van der Waals surface area contributed by atoms with Gasteiger partial charge in [0.15, 0.2) is 0 Å². The van der Waals surface area contributed by atoms with Gasteiger partial charge in [-0.15, -0.1) is 0 Å². The van der Waals surface area contributed by atoms with Crippen LogP contribution in [0.15, 0.2) is 48.6 Å². The summed E-state index contributed by atoms with van der Waals surface area (Å²) in [5, 5.41) is 23.1. The van der Waals surface area contributed by atoms with Gasteiger partial charge in [0, 0.05) is 12.8 Å². The summed E-state index contributed by atoms with van der Waals surface area (Å²) in [4.78, 5) is 24.6. The number of amides is 1. The van der Waals surface area contributed by atoms with Gasteiger partial charge >= 0.3 is 5.97 Å². The summed E-state index contributed by atoms with van der Waals surface area (Å²) in [7, 11) is 0. The zero-order chi connectivity index (χ0) is 55.0. The molecule has 6 heteroatoms. The molecule has 0 spiro atoms. The second-order valence-corrected chi connectivity index (χ2v) is 23.1. The second-order valence-electron chi connectivity index (χ2n) is 23.1. The van der Waals surface area contributed by atoms with Crippen LogP contribution in [0.3, 0.4) is 0 Å². The van der Waals surface area contributed by atoms with Gasteiger partial charge in [-0.1, -0.05) is 306 Å². The lowest BCUT2D eigenvalue weighted by Crippen LogP contribution is -2.45. The van der Waals surface area contributed by atoms with Gasteiger partial charge in [0.25, 0.3) is 0 Å². The van der Waals surface area contributed by atoms with Crippen molar-refractivity contribution in [3.63, 3.8) is 0 Å². The largest absolute Gasteiger partial charge is 0.466 e. The highest BCUT2D eigenvalue weighted by molar-refractivity contribution is 5.76. The fourth-order valence-electron chi connectivity index (χ4n) is 10.4. The molecule has 0 rings (SSSR count). The van der Waals surface area contributed by atoms with E-state index < -0.39 is 12.1 Å². The van der Waals surface area contributed by atoms with E-state index in [1.807, 2.05) is 6.08 Å². The molecule has 0 bridgehead atoms. The highest BCUT2D eigenvalue weighted by Gasteiger charge is 2.18. The number of rotatable bonds is 63. The van der Waals surface area contributed by atoms with E-state index >= 15 is 0 Å². The molecule has 0 aromatic rings. The van der Waals surface area contributed by atoms with Gasteiger partial charge < -0.3 is 20.3 Å². The molecule has 76 heavy (non-hydrogen) atoms. The van der Waals surface area contributed by atoms with Gasteiger partial charge in [-0.25, -0.2) is 0 Å². The van der Waals surface area contributed by atoms with E-state index in [4.69, 9.17) is 4.74 Å². The molecule has 0 aliphatic rings. The van der Waals surface area contributed by atoms with Crippen LogP contribution in [0.1, 0.15) is 361 Å². The third kappa shape index (κ3) is 61.0. The van der Waals surface area contributed by atoms with Gasteiger partial charge in [0.2, 0.25) is 5.91 Å². The van der Waals surface area contributed by atoms with Crippen molar-refractivity contribution in [1.29, 1.82) is 0 Å². The predicted molar refractivity (Wildman–Crippen MR) is 333 cm³/mol. The fourth-order valence-corrected chi connectivity index (χ4v) is 10.4. The summed E-state index contributed by atoms with van der Waals surface area (Å²) < 4.78 is 5.50. The molecular weight excluding hydrogens is 935 g/mol. The topological polar surface area (TPSA) is 95.9 Å². The summed E-state index contributed by atoms with van der Waals surface area (Å²) in [6, 6.07) is -0.629. The van der Waals surface area contributed by atoms with E-state index in [2.05, 4.69) is 55.6 Å². The molecule has 0 fully saturated rings. The van der Waals surface area contributed by atoms with Crippen molar-refractivity contribution in [3.05, 3.63) is 48.6 Å². The highest BCUT2D eigenvalue weighted by Crippen LogP contribution is 2.17. The molecule has 1 amide bonds. The van der Waals surface area contributed by atoms with Crippen molar-refractivity contribution in [2.24, 2.45) is 0 Å². The number of allylic oxidation sites excluding steroid dienone is 7. The highest BCUT2D eigenvalue weighted by atomic mass is 16.5. The lowest BCUT2D eigenvalue weighted by atomic mass is 10.0. The molecule has 446 valence electrons. The molecular formula is C70H131NO5. The van der Waals surface area contributed by atoms with Crippen LogP contribution in [0, 0.1) is 0 Å². The van der Waals surface area contributed by atoms with Crippen LogP contribution in [0.4, 0.5) is 0 Å². The molecule has 0 heterocycles. The van der Waals surface area contributed by atoms with E-state index in [0.717, 1.165) is 51.4 Å². The smallest absolute Gasteiger partial charge is 0.305 e. The minimum absolute atomic E-state index is 0.0101. The number of ether oxygens (including phenoxy) is 1. The number of aliphatic hydroxyl groups excluding tert-OH is 2. The van der Waals surface area contributed by atoms with Crippen molar-refractivity contribution in [3.8, 4) is 0 Å². The van der Waals surface area contributed by atoms with Gasteiger partial charge in [-0.3, -0.25) is 9.59 Å². The maximum Gasteiger partial charge on any atom is 0.305 e. The summed E-state index contributed by atoms with van der Waals surface area (Å²) in [5.41, 5.74) is 0. The Morgan fingerprint density at radius 1 is 0.368 bits per heavy atom. The SMILES string of the molecule is CCCCC/C=C\C/C=C\CCCCCCCCCCCC(=O)OCCCCCCCCCCCCCC/C=C\CCCCCCCCCCCCC(=O)NC(CO)C(O)/C=C/CCCCCCCCCCCCCC. The van der Waals surface area contributed by atoms with E-state index in [0.29, 0.717) is 19.4 Å². The molecule has 0 radical (unpaired) electrons. The Kier molecular flexibility index (Phi) is 63.5. The first-order valence-electron chi connectivity index (χ1n) is 33.9. The molecule has 0 aromatic heterocycles. The summed E-state index contributed by atoms with van der Waals surface area (Å²) in [5.74, 6) is -0.0589. The van der Waals surface area contributed by atoms with Crippen LogP contribution in [0.2, 0.25) is 0 Å². The lowest BCUT2D eigenvalue weighted by molar-refractivity contribution is -0.143. The molecule has 6 nitrogen and oxygen atoms in total. The summed E-state index contributed by atoms with van der Waals surface area (Å²) >= 11 is 0. The zero-order valence-electron chi connectivity index (χ0n) is 51.0. The number of aliphatic hydroxyl groups is 2. The molecule has 0 aliphatic carbocycles. The standard InChI is InChI=1S/C70H131NO5/c1-3-5-7-9-11-13-15-17-19-20-29-33-36-40-44-48-52-56-60-64-70(75)76-65-61-57-53-49-45-41-37-34-31-28-26-24-22-21-23-25-27-30-32-35-39-43-47-51-55-59-63-69(74)71-67(66-72)68(73)62-58-54-50-46-42-38-18-16-14-12-10-8-6-4-2/h11,13,17,19,21,23,58,62,67-68,72-73H,3-10,12,14-16,18,20,22,24-57,59-61,63-66H2,1-2H3,(H,71,74)/b13-11-,19-17-,23-21-,62-58+. The molecule has 2 unspecified atom stereocenters. The van der Waals surface area contributed by atoms with Crippen LogP contribution < -0.4 is 5.32 Å². The molecule has 0 saturated heterocycles. The first-order valence-corrected chi connectivity index (χ1v) is 33.9. The fraction of sp³-hybridized carbons (Fsp3) is 0.857. The van der Waals surface area contributed by atoms with Crippen molar-refractivity contribution in [2.45, 2.75) is 373 Å². The maximum atomic E-state index is 12.5. The molecule has 0 aromatic carbocycles. The van der Waals surface area contributed by atoms with Crippen LogP contribution >= 0.6 is 0 Å². The predicted octanol–water partition coefficient (Wildman–Crippen LogP) is 21.7. The van der Waals surface area contributed by atoms with Gasteiger partial charge in [0.05, 0.1) is 25.4 Å². The Hall–Kier alpha value is -2.18. The van der Waals surface area contributed by atoms with E-state index in [9.17, 15) is 19.8 Å². The Morgan fingerprint density at radius 3 is 1.04 bits per heavy atom. The van der Waals surface area contributed by atoms with Gasteiger partial charge in [-0.05, 0) is 89.9 Å². The van der Waals surface area contributed by atoms with E-state index in [1.165, 1.54) is 283 Å². The van der Waals surface area contributed by atoms with E-state index in [-0.39, 0.29) is 18.5 Å². The van der Waals surface area contributed by atoms with Crippen LogP contribution in [0.25, 0.3) is 0 Å². The van der Waals surface area contributed by atoms with Crippen LogP contribution in [-0.2, 0) is 14.3 Å². The monoisotopic (exact) mass is 1070 g/mol. The Balaban J connectivity index is 3.39. The Labute approximate surface area is 474 Å². The van der Waals surface area contributed by atoms with Crippen molar-refractivity contribution < 1.29 is 24.5 Å². The number of hydrogen-bond donors (Lipinski definition) is 3. The number of carbonyl (C=O) groups is 2. The maximum absolute atomic E-state index is 12.5. The normalized spacial score (nSPS) is 12.8. The van der Waals surface area contributed by atoms with Crippen LogP contribution in [0.5, 0.6) is 0 Å². The molecule has 2 atom stereocenters. The first-order chi connectivity index (χ1) is 37.5. The average molecular weight is 1070 g/mol. The number of unbranched alkanes of at least 4 members (excludes halogenated alkanes) is 46. The quantitative estimate of drug-likeness (QED) is 0.0320. The second kappa shape index (κ2) is 65.3. The summed E-state index contributed by atoms with van der Waals surface area (Å²) in [6.07, 6.45) is 84.6. The minimum atomic E-state index is -0.846. The van der Waals surface area contributed by atoms with Crippen molar-refractivity contribution in [2.75, 3.05) is 13.2 Å². The van der Waals surface area contributed by atoms with Crippen molar-refractivity contribution >= 4 is 11.9 Å². The van der Waals surface area contributed by atoms with Gasteiger partial charge in [0.1, 0.15) is 0 Å². The minimum Gasteiger partial charge on any atom is -0.466 e. The molecule has 0 aliphatic heterocycles. The van der Waals surface area contributed by atoms with Crippen LogP contribution in [-0.4, -0.2) is 47.4 Å². The summed E-state index contributed by atoms with van der Waals surface area (Å²) in [6.45, 7) is 4.89. The number of carbonyl (C=O) groups excluding carboxylic acids is 2. The first kappa shape index (κ1) is 73.8. The molecule has 3 N–H and O–H groups in total.